The fourth-order valence-electron chi connectivity index (χ4n) is 2.44. The number of benzene rings is 1. The van der Waals surface area contributed by atoms with E-state index in [0.717, 1.165) is 31.6 Å². The molecule has 1 aliphatic heterocycles. The van der Waals surface area contributed by atoms with Crippen molar-refractivity contribution in [2.75, 3.05) is 25.4 Å². The molecule has 2 rings (SSSR count). The minimum absolute atomic E-state index is 0.392. The maximum atomic E-state index is 10.2. The van der Waals surface area contributed by atoms with Crippen molar-refractivity contribution in [2.45, 2.75) is 37.5 Å². The first-order valence-corrected chi connectivity index (χ1v) is 8.62. The van der Waals surface area contributed by atoms with Crippen LogP contribution in [0.15, 0.2) is 24.3 Å². The van der Waals surface area contributed by atoms with Crippen molar-refractivity contribution in [2.24, 2.45) is 0 Å². The minimum atomic E-state index is -0.392. The third-order valence-corrected chi connectivity index (χ3v) is 5.53. The van der Waals surface area contributed by atoms with Gasteiger partial charge in [-0.25, -0.2) is 0 Å². The van der Waals surface area contributed by atoms with Crippen LogP contribution < -0.4 is 0 Å². The highest BCUT2D eigenvalue weighted by molar-refractivity contribution is 8.00. The van der Waals surface area contributed by atoms with Crippen LogP contribution in [0.4, 0.5) is 0 Å². The second-order valence-corrected chi connectivity index (χ2v) is 8.29. The third-order valence-electron chi connectivity index (χ3n) is 3.90. The van der Waals surface area contributed by atoms with Crippen molar-refractivity contribution in [3.8, 4) is 0 Å². The predicted octanol–water partition coefficient (Wildman–Crippen LogP) is 3.98. The molecule has 0 saturated carbocycles. The number of hydrogen-bond donors (Lipinski definition) is 1. The SMILES string of the molecule is CC1(C)CCN(CCC(O)c2ccc(Cl)cc2)CCS1. The van der Waals surface area contributed by atoms with Crippen LogP contribution in [0.5, 0.6) is 0 Å². The van der Waals surface area contributed by atoms with Crippen LogP contribution in [0.2, 0.25) is 5.02 Å². The highest BCUT2D eigenvalue weighted by Crippen LogP contribution is 2.31. The molecule has 112 valence electrons. The quantitative estimate of drug-likeness (QED) is 0.909. The molecule has 0 aromatic heterocycles. The first kappa shape index (κ1) is 16.2. The van der Waals surface area contributed by atoms with E-state index in [1.807, 2.05) is 24.3 Å². The molecule has 1 heterocycles. The van der Waals surface area contributed by atoms with E-state index in [2.05, 4.69) is 30.5 Å². The summed E-state index contributed by atoms with van der Waals surface area (Å²) in [5.41, 5.74) is 0.957. The highest BCUT2D eigenvalue weighted by atomic mass is 35.5. The molecule has 20 heavy (non-hydrogen) atoms. The number of thioether (sulfide) groups is 1. The number of rotatable bonds is 4. The average Bonchev–Trinajstić information content (AvgIpc) is 2.58. The Balaban J connectivity index is 1.81. The molecule has 0 bridgehead atoms. The summed E-state index contributed by atoms with van der Waals surface area (Å²) in [4.78, 5) is 2.47. The molecule has 1 unspecified atom stereocenters. The minimum Gasteiger partial charge on any atom is -0.388 e. The molecule has 1 N–H and O–H groups in total. The van der Waals surface area contributed by atoms with E-state index in [-0.39, 0.29) is 0 Å². The highest BCUT2D eigenvalue weighted by Gasteiger charge is 2.23. The number of halogens is 1. The Labute approximate surface area is 131 Å². The van der Waals surface area contributed by atoms with E-state index in [9.17, 15) is 5.11 Å². The van der Waals surface area contributed by atoms with E-state index in [0.29, 0.717) is 9.77 Å². The molecule has 1 saturated heterocycles. The largest absolute Gasteiger partial charge is 0.388 e. The standard InChI is InChI=1S/C16H24ClNOS/c1-16(2)8-10-18(11-12-20-16)9-7-15(19)13-3-5-14(17)6-4-13/h3-6,15,19H,7-12H2,1-2H3. The Hall–Kier alpha value is -0.220. The molecule has 2 nitrogen and oxygen atoms in total. The zero-order valence-electron chi connectivity index (χ0n) is 12.3. The fourth-order valence-corrected chi connectivity index (χ4v) is 3.71. The van der Waals surface area contributed by atoms with Crippen LogP contribution in [0.1, 0.15) is 38.4 Å². The fraction of sp³-hybridized carbons (Fsp3) is 0.625. The van der Waals surface area contributed by atoms with Gasteiger partial charge in [0.1, 0.15) is 0 Å². The van der Waals surface area contributed by atoms with Crippen molar-refractivity contribution in [1.82, 2.24) is 4.90 Å². The summed E-state index contributed by atoms with van der Waals surface area (Å²) in [5.74, 6) is 1.18. The summed E-state index contributed by atoms with van der Waals surface area (Å²) in [6, 6.07) is 7.50. The van der Waals surface area contributed by atoms with E-state index < -0.39 is 6.10 Å². The molecule has 1 aromatic carbocycles. The summed E-state index contributed by atoms with van der Waals surface area (Å²) in [7, 11) is 0. The Bertz CT molecular complexity index is 421. The number of aliphatic hydroxyl groups is 1. The first-order valence-electron chi connectivity index (χ1n) is 7.26. The van der Waals surface area contributed by atoms with Crippen molar-refractivity contribution < 1.29 is 5.11 Å². The van der Waals surface area contributed by atoms with Gasteiger partial charge in [0, 0.05) is 28.6 Å². The number of hydrogen-bond acceptors (Lipinski definition) is 3. The maximum absolute atomic E-state index is 10.2. The van der Waals surface area contributed by atoms with Gasteiger partial charge in [-0.2, -0.15) is 11.8 Å². The van der Waals surface area contributed by atoms with Crippen molar-refractivity contribution in [3.63, 3.8) is 0 Å². The monoisotopic (exact) mass is 313 g/mol. The maximum Gasteiger partial charge on any atom is 0.0802 e. The summed E-state index contributed by atoms with van der Waals surface area (Å²) in [6.45, 7) is 7.86. The van der Waals surface area contributed by atoms with Crippen LogP contribution in [-0.2, 0) is 0 Å². The summed E-state index contributed by atoms with van der Waals surface area (Å²) in [5, 5.41) is 11.0. The van der Waals surface area contributed by atoms with Gasteiger partial charge in [-0.3, -0.25) is 0 Å². The third kappa shape index (κ3) is 4.96. The lowest BCUT2D eigenvalue weighted by molar-refractivity contribution is 0.143. The van der Waals surface area contributed by atoms with Crippen LogP contribution in [0.3, 0.4) is 0 Å². The number of nitrogens with zero attached hydrogens (tertiary/aromatic N) is 1. The second kappa shape index (κ2) is 7.17. The Morgan fingerprint density at radius 3 is 2.70 bits per heavy atom. The van der Waals surface area contributed by atoms with Crippen LogP contribution in [0, 0.1) is 0 Å². The van der Waals surface area contributed by atoms with Gasteiger partial charge in [0.05, 0.1) is 6.10 Å². The summed E-state index contributed by atoms with van der Waals surface area (Å²) < 4.78 is 0.392. The van der Waals surface area contributed by atoms with Gasteiger partial charge in [-0.1, -0.05) is 37.6 Å². The van der Waals surface area contributed by atoms with Crippen molar-refractivity contribution in [1.29, 1.82) is 0 Å². The first-order chi connectivity index (χ1) is 9.46. The van der Waals surface area contributed by atoms with Crippen molar-refractivity contribution >= 4 is 23.4 Å². The summed E-state index contributed by atoms with van der Waals surface area (Å²) >= 11 is 7.93. The van der Waals surface area contributed by atoms with Crippen molar-refractivity contribution in [3.05, 3.63) is 34.9 Å². The Kier molecular flexibility index (Phi) is 5.79. The molecule has 1 aromatic rings. The molecule has 1 aliphatic rings. The van der Waals surface area contributed by atoms with Gasteiger partial charge in [-0.15, -0.1) is 0 Å². The smallest absolute Gasteiger partial charge is 0.0802 e. The normalized spacial score (nSPS) is 21.4. The van der Waals surface area contributed by atoms with Gasteiger partial charge < -0.3 is 10.0 Å². The van der Waals surface area contributed by atoms with Crippen LogP contribution >= 0.6 is 23.4 Å². The second-order valence-electron chi connectivity index (χ2n) is 6.06. The lowest BCUT2D eigenvalue weighted by atomic mass is 10.1. The molecule has 0 aliphatic carbocycles. The molecule has 4 heteroatoms. The molecule has 0 spiro atoms. The number of aliphatic hydroxyl groups excluding tert-OH is 1. The predicted molar refractivity (Wildman–Crippen MR) is 88.6 cm³/mol. The van der Waals surface area contributed by atoms with E-state index >= 15 is 0 Å². The van der Waals surface area contributed by atoms with Gasteiger partial charge in [0.2, 0.25) is 0 Å². The van der Waals surface area contributed by atoms with E-state index in [1.54, 1.807) is 0 Å². The van der Waals surface area contributed by atoms with Crippen LogP contribution in [0.25, 0.3) is 0 Å². The van der Waals surface area contributed by atoms with Gasteiger partial charge in [-0.05, 0) is 37.1 Å². The van der Waals surface area contributed by atoms with E-state index in [1.165, 1.54) is 12.2 Å². The molecule has 1 fully saturated rings. The Morgan fingerprint density at radius 2 is 2.00 bits per heavy atom. The molecule has 1 atom stereocenters. The van der Waals surface area contributed by atoms with Crippen LogP contribution in [-0.4, -0.2) is 40.1 Å². The van der Waals surface area contributed by atoms with Gasteiger partial charge in [0.25, 0.3) is 0 Å². The molecule has 0 radical (unpaired) electrons. The summed E-state index contributed by atoms with van der Waals surface area (Å²) in [6.07, 6.45) is 1.61. The average molecular weight is 314 g/mol. The van der Waals surface area contributed by atoms with Gasteiger partial charge >= 0.3 is 0 Å². The lowest BCUT2D eigenvalue weighted by Crippen LogP contribution is -2.29. The zero-order chi connectivity index (χ0) is 14.6. The molecular weight excluding hydrogens is 290 g/mol. The molecular formula is C16H24ClNOS. The van der Waals surface area contributed by atoms with Gasteiger partial charge in [0.15, 0.2) is 0 Å². The Morgan fingerprint density at radius 1 is 1.30 bits per heavy atom. The zero-order valence-corrected chi connectivity index (χ0v) is 13.9. The molecule has 0 amide bonds. The van der Waals surface area contributed by atoms with E-state index in [4.69, 9.17) is 11.6 Å². The topological polar surface area (TPSA) is 23.5 Å². The lowest BCUT2D eigenvalue weighted by Gasteiger charge is -2.23.